The number of aryl methyl sites for hydroxylation is 1. The van der Waals surface area contributed by atoms with Gasteiger partial charge in [-0.15, -0.1) is 0 Å². The predicted molar refractivity (Wildman–Crippen MR) is 118 cm³/mol. The van der Waals surface area contributed by atoms with E-state index in [0.717, 1.165) is 16.7 Å². The van der Waals surface area contributed by atoms with Gasteiger partial charge in [-0.3, -0.25) is 9.59 Å². The summed E-state index contributed by atoms with van der Waals surface area (Å²) in [4.78, 5) is 24.8. The second kappa shape index (κ2) is 9.55. The van der Waals surface area contributed by atoms with E-state index in [0.29, 0.717) is 35.7 Å². The molecule has 0 spiro atoms. The molecule has 7 heteroatoms. The van der Waals surface area contributed by atoms with Crippen molar-refractivity contribution in [3.8, 4) is 34.1 Å². The Kier molecular flexibility index (Phi) is 6.84. The van der Waals surface area contributed by atoms with Crippen LogP contribution in [-0.2, 0) is 11.2 Å². The zero-order chi connectivity index (χ0) is 22.5. The summed E-state index contributed by atoms with van der Waals surface area (Å²) in [5.41, 5.74) is 2.94. The van der Waals surface area contributed by atoms with E-state index in [1.54, 1.807) is 33.5 Å². The first-order valence-corrected chi connectivity index (χ1v) is 9.96. The van der Waals surface area contributed by atoms with Crippen LogP contribution in [0.2, 0.25) is 0 Å². The maximum Gasteiger partial charge on any atom is 0.220 e. The van der Waals surface area contributed by atoms with E-state index in [2.05, 4.69) is 11.9 Å². The number of ether oxygens (including phenoxy) is 4. The van der Waals surface area contributed by atoms with Gasteiger partial charge < -0.3 is 24.3 Å². The number of amides is 1. The van der Waals surface area contributed by atoms with Gasteiger partial charge in [0, 0.05) is 12.5 Å². The molecule has 31 heavy (non-hydrogen) atoms. The van der Waals surface area contributed by atoms with Crippen molar-refractivity contribution in [1.29, 1.82) is 0 Å². The Hall–Kier alpha value is -3.48. The summed E-state index contributed by atoms with van der Waals surface area (Å²) < 4.78 is 22.4. The fourth-order valence-electron chi connectivity index (χ4n) is 3.96. The average Bonchev–Trinajstić information content (AvgIpc) is 2.99. The van der Waals surface area contributed by atoms with Crippen molar-refractivity contribution in [2.24, 2.45) is 0 Å². The minimum atomic E-state index is -0.353. The Bertz CT molecular complexity index is 1060. The van der Waals surface area contributed by atoms with Crippen molar-refractivity contribution < 1.29 is 23.7 Å². The third kappa shape index (κ3) is 4.35. The van der Waals surface area contributed by atoms with E-state index in [4.69, 9.17) is 18.9 Å². The van der Waals surface area contributed by atoms with Crippen molar-refractivity contribution in [2.45, 2.75) is 25.8 Å². The number of fused-ring (bicyclic) bond motifs is 3. The zero-order valence-corrected chi connectivity index (χ0v) is 18.2. The minimum Gasteiger partial charge on any atom is -0.493 e. The van der Waals surface area contributed by atoms with Crippen LogP contribution in [0.15, 0.2) is 41.7 Å². The number of methoxy groups -OCH3 is 3. The molecule has 1 N–H and O–H groups in total. The highest BCUT2D eigenvalue weighted by Crippen LogP contribution is 2.50. The molecule has 1 aliphatic rings. The van der Waals surface area contributed by atoms with E-state index in [1.165, 1.54) is 13.0 Å². The number of carbonyl (C=O) groups excluding carboxylic acids is 1. The number of hydrogen-bond acceptors (Lipinski definition) is 6. The Morgan fingerprint density at radius 1 is 1.13 bits per heavy atom. The summed E-state index contributed by atoms with van der Waals surface area (Å²) in [5.74, 6) is 1.55. The Morgan fingerprint density at radius 3 is 2.48 bits per heavy atom. The second-order valence-electron chi connectivity index (χ2n) is 7.15. The average molecular weight is 425 g/mol. The molecule has 0 bridgehead atoms. The third-order valence-electron chi connectivity index (χ3n) is 5.23. The first kappa shape index (κ1) is 22.2. The molecule has 164 valence electrons. The smallest absolute Gasteiger partial charge is 0.220 e. The van der Waals surface area contributed by atoms with Crippen molar-refractivity contribution >= 4 is 5.91 Å². The number of rotatable bonds is 7. The molecule has 0 aromatic heterocycles. The normalized spacial score (nSPS) is 14.4. The maximum atomic E-state index is 12.9. The molecule has 0 fully saturated rings. The second-order valence-corrected chi connectivity index (χ2v) is 7.15. The molecule has 0 aliphatic heterocycles. The van der Waals surface area contributed by atoms with E-state index in [1.807, 2.05) is 12.1 Å². The minimum absolute atomic E-state index is 0.175. The van der Waals surface area contributed by atoms with Gasteiger partial charge in [0.15, 0.2) is 17.2 Å². The lowest BCUT2D eigenvalue weighted by Gasteiger charge is -2.19. The molecule has 1 amide bonds. The van der Waals surface area contributed by atoms with Gasteiger partial charge in [-0.25, -0.2) is 0 Å². The van der Waals surface area contributed by atoms with Gasteiger partial charge in [0.2, 0.25) is 17.1 Å². The number of benzene rings is 1. The van der Waals surface area contributed by atoms with Crippen LogP contribution in [-0.4, -0.2) is 33.8 Å². The summed E-state index contributed by atoms with van der Waals surface area (Å²) >= 11 is 0. The fraction of sp³-hybridized carbons (Fsp3) is 0.333. The molecule has 0 radical (unpaired) electrons. The van der Waals surface area contributed by atoms with Gasteiger partial charge >= 0.3 is 0 Å². The van der Waals surface area contributed by atoms with E-state index in [9.17, 15) is 9.59 Å². The largest absolute Gasteiger partial charge is 0.493 e. The van der Waals surface area contributed by atoms with Gasteiger partial charge in [0.05, 0.1) is 27.4 Å². The first-order valence-electron chi connectivity index (χ1n) is 9.96. The molecule has 2 aromatic rings. The molecular weight excluding hydrogens is 398 g/mol. The molecule has 0 saturated heterocycles. The van der Waals surface area contributed by atoms with E-state index >= 15 is 0 Å². The lowest BCUT2D eigenvalue weighted by Crippen LogP contribution is -2.26. The summed E-state index contributed by atoms with van der Waals surface area (Å²) in [6, 6.07) is 6.55. The lowest BCUT2D eigenvalue weighted by atomic mass is 9.95. The van der Waals surface area contributed by atoms with Gasteiger partial charge in [0.25, 0.3) is 0 Å². The summed E-state index contributed by atoms with van der Waals surface area (Å²) in [5, 5.41) is 2.97. The van der Waals surface area contributed by atoms with E-state index in [-0.39, 0.29) is 29.7 Å². The van der Waals surface area contributed by atoms with Crippen LogP contribution in [0.5, 0.6) is 23.0 Å². The number of hydrogen-bond donors (Lipinski definition) is 1. The number of nitrogens with one attached hydrogen (secondary N) is 1. The highest BCUT2D eigenvalue weighted by atomic mass is 16.5. The molecule has 1 unspecified atom stereocenters. The highest BCUT2D eigenvalue weighted by molar-refractivity contribution is 5.83. The molecule has 1 aliphatic carbocycles. The third-order valence-corrected chi connectivity index (χ3v) is 5.23. The van der Waals surface area contributed by atoms with Crippen LogP contribution in [0, 0.1) is 0 Å². The summed E-state index contributed by atoms with van der Waals surface area (Å²) in [6.45, 7) is 5.30. The Morgan fingerprint density at radius 2 is 1.87 bits per heavy atom. The molecule has 0 saturated carbocycles. The van der Waals surface area contributed by atoms with Crippen molar-refractivity contribution in [1.82, 2.24) is 5.32 Å². The van der Waals surface area contributed by atoms with Crippen molar-refractivity contribution in [2.75, 3.05) is 27.9 Å². The Balaban J connectivity index is 2.37. The zero-order valence-electron chi connectivity index (χ0n) is 18.2. The van der Waals surface area contributed by atoms with Crippen LogP contribution in [0.25, 0.3) is 11.1 Å². The standard InChI is InChI=1S/C24H27NO6/c1-6-11-31-20-10-8-16-17(13-19(20)27)18(25-14(2)26)9-7-15-12-21(28-3)23(29-4)24(30-5)22(15)16/h6,8,10,12-13,18H,1,7,9,11H2,2-5H3,(H,25,26). The SMILES string of the molecule is C=CCOc1ccc2c(cc1=O)C(NC(C)=O)CCc1cc(OC)c(OC)c(OC)c1-2. The monoisotopic (exact) mass is 425 g/mol. The number of carbonyl (C=O) groups is 1. The first-order chi connectivity index (χ1) is 14.9. The molecule has 2 aromatic carbocycles. The molecular formula is C24H27NO6. The quantitative estimate of drug-likeness (QED) is 0.685. The predicted octanol–water partition coefficient (Wildman–Crippen LogP) is 3.43. The summed E-state index contributed by atoms with van der Waals surface area (Å²) in [6.07, 6.45) is 2.82. The van der Waals surface area contributed by atoms with Crippen molar-refractivity contribution in [3.05, 3.63) is 58.3 Å². The van der Waals surface area contributed by atoms with Gasteiger partial charge in [-0.1, -0.05) is 18.7 Å². The summed E-state index contributed by atoms with van der Waals surface area (Å²) in [7, 11) is 4.68. The molecule has 0 heterocycles. The lowest BCUT2D eigenvalue weighted by molar-refractivity contribution is -0.119. The molecule has 3 rings (SSSR count). The maximum absolute atomic E-state index is 12.9. The Labute approximate surface area is 181 Å². The molecule has 7 nitrogen and oxygen atoms in total. The highest BCUT2D eigenvalue weighted by Gasteiger charge is 2.29. The van der Waals surface area contributed by atoms with Gasteiger partial charge in [-0.2, -0.15) is 0 Å². The van der Waals surface area contributed by atoms with Crippen LogP contribution in [0.4, 0.5) is 0 Å². The van der Waals surface area contributed by atoms with Crippen LogP contribution < -0.4 is 29.7 Å². The van der Waals surface area contributed by atoms with E-state index < -0.39 is 0 Å². The van der Waals surface area contributed by atoms with Crippen LogP contribution in [0.1, 0.15) is 30.5 Å². The van der Waals surface area contributed by atoms with Crippen LogP contribution >= 0.6 is 0 Å². The van der Waals surface area contributed by atoms with Crippen LogP contribution in [0.3, 0.4) is 0 Å². The van der Waals surface area contributed by atoms with Crippen molar-refractivity contribution in [3.63, 3.8) is 0 Å². The molecule has 1 atom stereocenters. The van der Waals surface area contributed by atoms with Gasteiger partial charge in [0.1, 0.15) is 6.61 Å². The topological polar surface area (TPSA) is 83.1 Å². The fourth-order valence-corrected chi connectivity index (χ4v) is 3.96. The van der Waals surface area contributed by atoms with Gasteiger partial charge in [-0.05, 0) is 47.7 Å².